The maximum Gasteiger partial charge on any atom is 0.226 e. The van der Waals surface area contributed by atoms with Crippen LogP contribution in [-0.4, -0.2) is 46.2 Å². The number of pyridine rings is 1. The van der Waals surface area contributed by atoms with E-state index in [1.807, 2.05) is 13.0 Å². The van der Waals surface area contributed by atoms with Crippen molar-refractivity contribution >= 4 is 33.3 Å². The molecule has 1 fully saturated rings. The minimum absolute atomic E-state index is 0.675. The molecule has 1 saturated heterocycles. The zero-order valence-corrected chi connectivity index (χ0v) is 14.6. The number of halogens is 2. The molecule has 22 heavy (non-hydrogen) atoms. The lowest BCUT2D eigenvalue weighted by Crippen LogP contribution is -2.46. The van der Waals surface area contributed by atoms with Gasteiger partial charge in [-0.2, -0.15) is 4.98 Å². The molecular formula is C14H17BrClN5O. The van der Waals surface area contributed by atoms with Crippen molar-refractivity contribution in [3.8, 4) is 0 Å². The smallest absolute Gasteiger partial charge is 0.226 e. The van der Waals surface area contributed by atoms with Crippen LogP contribution in [0, 0.1) is 0 Å². The molecule has 3 heterocycles. The topological polar surface area (TPSA) is 58.3 Å². The van der Waals surface area contributed by atoms with Crippen LogP contribution in [0.5, 0.6) is 0 Å². The van der Waals surface area contributed by atoms with E-state index < -0.39 is 0 Å². The lowest BCUT2D eigenvalue weighted by Gasteiger charge is -2.35. The van der Waals surface area contributed by atoms with Crippen LogP contribution < -0.4 is 4.90 Å². The summed E-state index contributed by atoms with van der Waals surface area (Å²) in [6.45, 7) is 6.33. The van der Waals surface area contributed by atoms with E-state index in [9.17, 15) is 0 Å². The summed E-state index contributed by atoms with van der Waals surface area (Å²) in [6, 6.07) is 1.88. The van der Waals surface area contributed by atoms with Crippen molar-refractivity contribution in [3.63, 3.8) is 0 Å². The molecule has 0 amide bonds. The van der Waals surface area contributed by atoms with Crippen molar-refractivity contribution in [2.45, 2.75) is 19.9 Å². The fraction of sp³-hybridized carbons (Fsp3) is 0.500. The quantitative estimate of drug-likeness (QED) is 0.805. The number of hydrogen-bond acceptors (Lipinski definition) is 6. The summed E-state index contributed by atoms with van der Waals surface area (Å²) in [7, 11) is 0. The number of nitrogens with zero attached hydrogens (tertiary/aromatic N) is 5. The Labute approximate surface area is 142 Å². The summed E-state index contributed by atoms with van der Waals surface area (Å²) in [6.07, 6.45) is 2.55. The van der Waals surface area contributed by atoms with E-state index in [4.69, 9.17) is 16.1 Å². The molecule has 0 aromatic carbocycles. The van der Waals surface area contributed by atoms with Crippen molar-refractivity contribution in [2.24, 2.45) is 0 Å². The maximum atomic E-state index is 6.27. The van der Waals surface area contributed by atoms with Crippen LogP contribution in [0.1, 0.15) is 18.6 Å². The molecule has 0 bridgehead atoms. The first-order valence-corrected chi connectivity index (χ1v) is 8.42. The van der Waals surface area contributed by atoms with Gasteiger partial charge < -0.3 is 9.42 Å². The Kier molecular flexibility index (Phi) is 4.95. The normalized spacial score (nSPS) is 16.2. The number of rotatable bonds is 4. The van der Waals surface area contributed by atoms with E-state index in [-0.39, 0.29) is 0 Å². The Balaban J connectivity index is 1.58. The Morgan fingerprint density at radius 1 is 1.32 bits per heavy atom. The molecule has 6 nitrogen and oxygen atoms in total. The van der Waals surface area contributed by atoms with E-state index in [2.05, 4.69) is 40.9 Å². The molecule has 0 aliphatic carbocycles. The van der Waals surface area contributed by atoms with Crippen LogP contribution in [0.3, 0.4) is 0 Å². The van der Waals surface area contributed by atoms with Gasteiger partial charge in [-0.25, -0.2) is 4.98 Å². The standard InChI is InChI=1S/C14H17BrClN5O/c1-2-13-18-12(19-22-13)9-20-3-5-21(6-4-20)14-11(16)7-10(15)8-17-14/h7-8H,2-6,9H2,1H3. The Bertz CT molecular complexity index is 642. The second kappa shape index (κ2) is 6.93. The van der Waals surface area contributed by atoms with Gasteiger partial charge in [0.15, 0.2) is 5.82 Å². The van der Waals surface area contributed by atoms with Crippen molar-refractivity contribution < 1.29 is 4.52 Å². The Hall–Kier alpha value is -1.18. The average molecular weight is 387 g/mol. The molecule has 2 aromatic heterocycles. The number of hydrogen-bond donors (Lipinski definition) is 0. The summed E-state index contributed by atoms with van der Waals surface area (Å²) in [5, 5.41) is 4.68. The monoisotopic (exact) mass is 385 g/mol. The zero-order chi connectivity index (χ0) is 15.5. The van der Waals surface area contributed by atoms with Crippen LogP contribution >= 0.6 is 27.5 Å². The molecular weight excluding hydrogens is 370 g/mol. The minimum atomic E-state index is 0.675. The number of aryl methyl sites for hydroxylation is 1. The lowest BCUT2D eigenvalue weighted by molar-refractivity contribution is 0.239. The van der Waals surface area contributed by atoms with Crippen molar-refractivity contribution in [2.75, 3.05) is 31.1 Å². The summed E-state index contributed by atoms with van der Waals surface area (Å²) in [4.78, 5) is 13.3. The van der Waals surface area contributed by atoms with Gasteiger partial charge in [0.1, 0.15) is 5.82 Å². The van der Waals surface area contributed by atoms with Gasteiger partial charge in [0, 0.05) is 43.3 Å². The predicted molar refractivity (Wildman–Crippen MR) is 88.1 cm³/mol. The van der Waals surface area contributed by atoms with Crippen molar-refractivity contribution in [3.05, 3.63) is 33.5 Å². The van der Waals surface area contributed by atoms with Crippen LogP contribution in [0.2, 0.25) is 5.02 Å². The molecule has 0 spiro atoms. The third-order valence-corrected chi connectivity index (χ3v) is 4.35. The van der Waals surface area contributed by atoms with Crippen molar-refractivity contribution in [1.29, 1.82) is 0 Å². The van der Waals surface area contributed by atoms with Crippen LogP contribution in [0.15, 0.2) is 21.3 Å². The van der Waals surface area contributed by atoms with Gasteiger partial charge >= 0.3 is 0 Å². The molecule has 2 aromatic rings. The molecule has 1 aliphatic rings. The lowest BCUT2D eigenvalue weighted by atomic mass is 10.3. The van der Waals surface area contributed by atoms with Gasteiger partial charge in [-0.05, 0) is 22.0 Å². The molecule has 0 atom stereocenters. The van der Waals surface area contributed by atoms with E-state index in [0.29, 0.717) is 10.9 Å². The molecule has 118 valence electrons. The van der Waals surface area contributed by atoms with Crippen LogP contribution in [-0.2, 0) is 13.0 Å². The van der Waals surface area contributed by atoms with E-state index in [0.717, 1.165) is 55.3 Å². The highest BCUT2D eigenvalue weighted by Gasteiger charge is 2.21. The number of aromatic nitrogens is 3. The minimum Gasteiger partial charge on any atom is -0.353 e. The molecule has 0 N–H and O–H groups in total. The van der Waals surface area contributed by atoms with E-state index in [1.54, 1.807) is 6.20 Å². The van der Waals surface area contributed by atoms with Gasteiger partial charge in [-0.3, -0.25) is 4.90 Å². The SMILES string of the molecule is CCc1nc(CN2CCN(c3ncc(Br)cc3Cl)CC2)no1. The van der Waals surface area contributed by atoms with Gasteiger partial charge in [-0.1, -0.05) is 23.7 Å². The summed E-state index contributed by atoms with van der Waals surface area (Å²) in [5.74, 6) is 2.29. The second-order valence-electron chi connectivity index (χ2n) is 5.18. The van der Waals surface area contributed by atoms with E-state index >= 15 is 0 Å². The highest BCUT2D eigenvalue weighted by Crippen LogP contribution is 2.27. The third-order valence-electron chi connectivity index (χ3n) is 3.64. The largest absolute Gasteiger partial charge is 0.353 e. The van der Waals surface area contributed by atoms with Gasteiger partial charge in [-0.15, -0.1) is 0 Å². The average Bonchev–Trinajstić information content (AvgIpc) is 2.96. The molecule has 8 heteroatoms. The zero-order valence-electron chi connectivity index (χ0n) is 12.3. The fourth-order valence-corrected chi connectivity index (χ4v) is 3.20. The number of anilines is 1. The fourth-order valence-electron chi connectivity index (χ4n) is 2.46. The number of piperazine rings is 1. The Morgan fingerprint density at radius 2 is 2.09 bits per heavy atom. The summed E-state index contributed by atoms with van der Waals surface area (Å²) >= 11 is 9.65. The predicted octanol–water partition coefficient (Wildman–Crippen LogP) is 2.77. The molecule has 0 unspecified atom stereocenters. The van der Waals surface area contributed by atoms with Crippen LogP contribution in [0.4, 0.5) is 5.82 Å². The molecule has 0 radical (unpaired) electrons. The highest BCUT2D eigenvalue weighted by atomic mass is 79.9. The molecule has 1 aliphatic heterocycles. The first-order valence-electron chi connectivity index (χ1n) is 7.25. The first-order chi connectivity index (χ1) is 10.7. The third kappa shape index (κ3) is 3.59. The maximum absolute atomic E-state index is 6.27. The van der Waals surface area contributed by atoms with E-state index in [1.165, 1.54) is 0 Å². The Morgan fingerprint density at radius 3 is 2.73 bits per heavy atom. The first kappa shape index (κ1) is 15.7. The second-order valence-corrected chi connectivity index (χ2v) is 6.50. The van der Waals surface area contributed by atoms with Gasteiger partial charge in [0.2, 0.25) is 5.89 Å². The van der Waals surface area contributed by atoms with Crippen molar-refractivity contribution in [1.82, 2.24) is 20.0 Å². The molecule has 0 saturated carbocycles. The van der Waals surface area contributed by atoms with Crippen LogP contribution in [0.25, 0.3) is 0 Å². The highest BCUT2D eigenvalue weighted by molar-refractivity contribution is 9.10. The van der Waals surface area contributed by atoms with Gasteiger partial charge in [0.25, 0.3) is 0 Å². The summed E-state index contributed by atoms with van der Waals surface area (Å²) < 4.78 is 6.03. The summed E-state index contributed by atoms with van der Waals surface area (Å²) in [5.41, 5.74) is 0. The van der Waals surface area contributed by atoms with Gasteiger partial charge in [0.05, 0.1) is 11.6 Å². The molecule has 3 rings (SSSR count).